The number of carbonyl (C=O) groups excluding carboxylic acids is 2. The largest absolute Gasteiger partial charge is 0.378 e. The van der Waals surface area contributed by atoms with E-state index in [0.717, 1.165) is 18.4 Å². The van der Waals surface area contributed by atoms with Gasteiger partial charge in [-0.3, -0.25) is 9.59 Å². The molecule has 2 amide bonds. The lowest BCUT2D eigenvalue weighted by molar-refractivity contribution is -0.140. The molecule has 1 N–H and O–H groups in total. The smallest absolute Gasteiger partial charge is 0.245 e. The molecule has 3 rings (SSSR count). The van der Waals surface area contributed by atoms with Crippen LogP contribution in [0.1, 0.15) is 44.6 Å². The molecule has 0 radical (unpaired) electrons. The Morgan fingerprint density at radius 2 is 1.81 bits per heavy atom. The summed E-state index contributed by atoms with van der Waals surface area (Å²) in [6.45, 7) is 6.44. The first-order chi connectivity index (χ1) is 13.0. The van der Waals surface area contributed by atoms with Crippen LogP contribution >= 0.6 is 11.6 Å². The van der Waals surface area contributed by atoms with E-state index in [2.05, 4.69) is 19.2 Å². The van der Waals surface area contributed by atoms with Crippen molar-refractivity contribution in [3.8, 4) is 0 Å². The van der Waals surface area contributed by atoms with Gasteiger partial charge >= 0.3 is 0 Å². The lowest BCUT2D eigenvalue weighted by Gasteiger charge is -2.32. The zero-order valence-corrected chi connectivity index (χ0v) is 16.9. The Kier molecular flexibility index (Phi) is 6.77. The Morgan fingerprint density at radius 3 is 2.37 bits per heavy atom. The fourth-order valence-corrected chi connectivity index (χ4v) is 3.82. The topological polar surface area (TPSA) is 58.6 Å². The fourth-order valence-electron chi connectivity index (χ4n) is 3.70. The van der Waals surface area contributed by atoms with E-state index in [1.54, 1.807) is 0 Å². The summed E-state index contributed by atoms with van der Waals surface area (Å²) in [4.78, 5) is 28.0. The number of halogens is 1. The van der Waals surface area contributed by atoms with E-state index in [1.807, 2.05) is 29.2 Å². The average Bonchev–Trinajstić information content (AvgIpc) is 3.48. The van der Waals surface area contributed by atoms with Gasteiger partial charge in [0.25, 0.3) is 0 Å². The Bertz CT molecular complexity index is 652. The number of amides is 2. The van der Waals surface area contributed by atoms with Crippen molar-refractivity contribution in [3.05, 3.63) is 34.9 Å². The third-order valence-electron chi connectivity index (χ3n) is 5.25. The zero-order valence-electron chi connectivity index (χ0n) is 16.1. The highest BCUT2D eigenvalue weighted by atomic mass is 35.5. The van der Waals surface area contributed by atoms with Crippen LogP contribution in [0.3, 0.4) is 0 Å². The second-order valence-electron chi connectivity index (χ2n) is 8.00. The Hall–Kier alpha value is -1.59. The van der Waals surface area contributed by atoms with Gasteiger partial charge < -0.3 is 15.0 Å². The molecule has 1 saturated heterocycles. The summed E-state index contributed by atoms with van der Waals surface area (Å²) < 4.78 is 5.35. The van der Waals surface area contributed by atoms with Gasteiger partial charge in [0.1, 0.15) is 6.04 Å². The SMILES string of the molecule is CC(C)C[C@H](NC(=O)C(c1ccc(Cl)cc1)C1CC1)C(=O)N1CCOCC1. The maximum Gasteiger partial charge on any atom is 0.245 e. The number of rotatable bonds is 7. The summed E-state index contributed by atoms with van der Waals surface area (Å²) in [5, 5.41) is 3.74. The van der Waals surface area contributed by atoms with Gasteiger partial charge in [0.15, 0.2) is 0 Å². The van der Waals surface area contributed by atoms with Gasteiger partial charge in [0, 0.05) is 18.1 Å². The number of hydrogen-bond acceptors (Lipinski definition) is 3. The van der Waals surface area contributed by atoms with Crippen LogP contribution in [-0.2, 0) is 14.3 Å². The molecule has 1 aromatic carbocycles. The minimum atomic E-state index is -0.482. The van der Waals surface area contributed by atoms with Crippen LogP contribution < -0.4 is 5.32 Å². The van der Waals surface area contributed by atoms with Crippen molar-refractivity contribution < 1.29 is 14.3 Å². The van der Waals surface area contributed by atoms with Gasteiger partial charge in [-0.05, 0) is 48.8 Å². The lowest BCUT2D eigenvalue weighted by Crippen LogP contribution is -2.53. The number of hydrogen-bond donors (Lipinski definition) is 1. The number of nitrogens with zero attached hydrogens (tertiary/aromatic N) is 1. The van der Waals surface area contributed by atoms with Gasteiger partial charge in [-0.15, -0.1) is 0 Å². The average molecular weight is 393 g/mol. The molecule has 1 unspecified atom stereocenters. The molecular formula is C21H29ClN2O3. The number of benzene rings is 1. The Balaban J connectivity index is 1.73. The predicted molar refractivity (Wildman–Crippen MR) is 106 cm³/mol. The summed E-state index contributed by atoms with van der Waals surface area (Å²) in [5.41, 5.74) is 0.974. The van der Waals surface area contributed by atoms with Crippen molar-refractivity contribution >= 4 is 23.4 Å². The van der Waals surface area contributed by atoms with Crippen molar-refractivity contribution in [2.75, 3.05) is 26.3 Å². The van der Waals surface area contributed by atoms with Crippen molar-refractivity contribution in [1.29, 1.82) is 0 Å². The van der Waals surface area contributed by atoms with Crippen LogP contribution in [-0.4, -0.2) is 49.1 Å². The first-order valence-corrected chi connectivity index (χ1v) is 10.3. The third-order valence-corrected chi connectivity index (χ3v) is 5.50. The highest BCUT2D eigenvalue weighted by Crippen LogP contribution is 2.43. The van der Waals surface area contributed by atoms with E-state index in [4.69, 9.17) is 16.3 Å². The minimum Gasteiger partial charge on any atom is -0.378 e. The van der Waals surface area contributed by atoms with E-state index in [1.165, 1.54) is 0 Å². The maximum absolute atomic E-state index is 13.1. The van der Waals surface area contributed by atoms with Crippen molar-refractivity contribution in [2.24, 2.45) is 11.8 Å². The Morgan fingerprint density at radius 1 is 1.19 bits per heavy atom. The van der Waals surface area contributed by atoms with E-state index >= 15 is 0 Å². The van der Waals surface area contributed by atoms with Gasteiger partial charge in [0.2, 0.25) is 11.8 Å². The monoisotopic (exact) mass is 392 g/mol. The van der Waals surface area contributed by atoms with E-state index in [9.17, 15) is 9.59 Å². The van der Waals surface area contributed by atoms with Crippen LogP contribution in [0.5, 0.6) is 0 Å². The Labute approximate surface area is 166 Å². The molecule has 148 valence electrons. The molecule has 1 aliphatic carbocycles. The molecule has 1 heterocycles. The van der Waals surface area contributed by atoms with Gasteiger partial charge in [0.05, 0.1) is 19.1 Å². The molecule has 2 fully saturated rings. The molecule has 2 atom stereocenters. The minimum absolute atomic E-state index is 0.00556. The highest BCUT2D eigenvalue weighted by molar-refractivity contribution is 6.30. The van der Waals surface area contributed by atoms with Crippen LogP contribution in [0.4, 0.5) is 0 Å². The fraction of sp³-hybridized carbons (Fsp3) is 0.619. The zero-order chi connectivity index (χ0) is 19.4. The molecule has 1 aromatic rings. The molecule has 0 bridgehead atoms. The lowest BCUT2D eigenvalue weighted by atomic mass is 9.92. The molecular weight excluding hydrogens is 364 g/mol. The number of ether oxygens (including phenoxy) is 1. The van der Waals surface area contributed by atoms with Crippen molar-refractivity contribution in [1.82, 2.24) is 10.2 Å². The quantitative estimate of drug-likeness (QED) is 0.775. The molecule has 0 spiro atoms. The number of nitrogens with one attached hydrogen (secondary N) is 1. The normalized spacial score (nSPS) is 19.6. The molecule has 1 saturated carbocycles. The van der Waals surface area contributed by atoms with E-state index in [-0.39, 0.29) is 17.7 Å². The van der Waals surface area contributed by atoms with Crippen molar-refractivity contribution in [2.45, 2.75) is 45.1 Å². The molecule has 1 aliphatic heterocycles. The summed E-state index contributed by atoms with van der Waals surface area (Å²) in [5.74, 6) is 0.409. The summed E-state index contributed by atoms with van der Waals surface area (Å²) >= 11 is 6.00. The standard InChI is InChI=1S/C21H29ClN2O3/c1-14(2)13-18(21(26)24-9-11-27-12-10-24)23-20(25)19(15-3-4-15)16-5-7-17(22)8-6-16/h5-8,14-15,18-19H,3-4,9-13H2,1-2H3,(H,23,25)/t18-,19?/m0/s1. The first kappa shape index (κ1) is 20.2. The third kappa shape index (κ3) is 5.45. The van der Waals surface area contributed by atoms with Crippen LogP contribution in [0.2, 0.25) is 5.02 Å². The van der Waals surface area contributed by atoms with Crippen LogP contribution in [0.15, 0.2) is 24.3 Å². The maximum atomic E-state index is 13.1. The molecule has 6 heteroatoms. The number of morpholine rings is 1. The summed E-state index contributed by atoms with van der Waals surface area (Å²) in [6.07, 6.45) is 2.74. The second-order valence-corrected chi connectivity index (χ2v) is 8.43. The summed E-state index contributed by atoms with van der Waals surface area (Å²) in [7, 11) is 0. The second kappa shape index (κ2) is 9.07. The predicted octanol–water partition coefficient (Wildman–Crippen LogP) is 3.22. The molecule has 2 aliphatic rings. The molecule has 27 heavy (non-hydrogen) atoms. The van der Waals surface area contributed by atoms with E-state index in [0.29, 0.717) is 49.6 Å². The number of carbonyl (C=O) groups is 2. The first-order valence-electron chi connectivity index (χ1n) is 9.88. The van der Waals surface area contributed by atoms with Crippen LogP contribution in [0.25, 0.3) is 0 Å². The van der Waals surface area contributed by atoms with Gasteiger partial charge in [-0.2, -0.15) is 0 Å². The van der Waals surface area contributed by atoms with Gasteiger partial charge in [-0.25, -0.2) is 0 Å². The molecule has 0 aromatic heterocycles. The van der Waals surface area contributed by atoms with E-state index < -0.39 is 6.04 Å². The summed E-state index contributed by atoms with van der Waals surface area (Å²) in [6, 6.07) is 7.01. The molecule has 5 nitrogen and oxygen atoms in total. The van der Waals surface area contributed by atoms with Crippen molar-refractivity contribution in [3.63, 3.8) is 0 Å². The highest BCUT2D eigenvalue weighted by Gasteiger charge is 2.39. The van der Waals surface area contributed by atoms with Crippen LogP contribution in [0, 0.1) is 11.8 Å². The van der Waals surface area contributed by atoms with Gasteiger partial charge in [-0.1, -0.05) is 37.6 Å².